The van der Waals surface area contributed by atoms with E-state index in [1.165, 1.54) is 18.2 Å². The second-order valence-electron chi connectivity index (χ2n) is 11.3. The molecular formula is C27H41ClN8O4. The van der Waals surface area contributed by atoms with Gasteiger partial charge in [-0.2, -0.15) is 0 Å². The van der Waals surface area contributed by atoms with Crippen LogP contribution in [-0.4, -0.2) is 84.7 Å². The van der Waals surface area contributed by atoms with Gasteiger partial charge in [-0.3, -0.25) is 9.47 Å². The Morgan fingerprint density at radius 3 is 2.50 bits per heavy atom. The molecule has 3 heterocycles. The molecular weight excluding hydrogens is 536 g/mol. The summed E-state index contributed by atoms with van der Waals surface area (Å²) in [5, 5.41) is 27.3. The van der Waals surface area contributed by atoms with E-state index in [1.807, 2.05) is 24.3 Å². The van der Waals surface area contributed by atoms with E-state index in [9.17, 15) is 15.0 Å². The molecule has 0 bridgehead atoms. The lowest BCUT2D eigenvalue weighted by Gasteiger charge is -2.30. The van der Waals surface area contributed by atoms with Gasteiger partial charge in [0.2, 0.25) is 0 Å². The third kappa shape index (κ3) is 7.18. The van der Waals surface area contributed by atoms with Crippen molar-refractivity contribution in [3.8, 4) is 0 Å². The first-order valence-corrected chi connectivity index (χ1v) is 13.3. The molecule has 13 heteroatoms. The molecule has 1 aliphatic rings. The van der Waals surface area contributed by atoms with Crippen molar-refractivity contribution in [3.63, 3.8) is 0 Å². The number of nitrogens with two attached hydrogens (primary N) is 1. The van der Waals surface area contributed by atoms with Gasteiger partial charge >= 0.3 is 6.03 Å². The second-order valence-corrected chi connectivity index (χ2v) is 11.3. The van der Waals surface area contributed by atoms with Crippen LogP contribution in [0.1, 0.15) is 52.8 Å². The quantitative estimate of drug-likeness (QED) is 0.241. The number of ether oxygens (including phenoxy) is 1. The minimum Gasteiger partial charge on any atom is -0.387 e. The van der Waals surface area contributed by atoms with Crippen LogP contribution in [0.2, 0.25) is 0 Å². The second kappa shape index (κ2) is 13.1. The van der Waals surface area contributed by atoms with Crippen LogP contribution in [0.4, 0.5) is 16.3 Å². The predicted octanol–water partition coefficient (Wildman–Crippen LogP) is 2.67. The van der Waals surface area contributed by atoms with Gasteiger partial charge < -0.3 is 31.3 Å². The molecule has 2 amide bonds. The molecule has 6 N–H and O–H groups in total. The molecule has 12 nitrogen and oxygen atoms in total. The first-order valence-electron chi connectivity index (χ1n) is 13.3. The van der Waals surface area contributed by atoms with Crippen LogP contribution in [0, 0.1) is 0 Å². The lowest BCUT2D eigenvalue weighted by molar-refractivity contribution is -0.0468. The molecule has 1 unspecified atom stereocenters. The van der Waals surface area contributed by atoms with E-state index in [1.54, 1.807) is 4.57 Å². The Hall–Kier alpha value is -3.03. The maximum absolute atomic E-state index is 12.4. The Morgan fingerprint density at radius 1 is 1.15 bits per heavy atom. The van der Waals surface area contributed by atoms with Gasteiger partial charge in [0.15, 0.2) is 17.7 Å². The smallest absolute Gasteiger partial charge is 0.319 e. The fourth-order valence-electron chi connectivity index (χ4n) is 4.67. The third-order valence-corrected chi connectivity index (χ3v) is 7.06. The van der Waals surface area contributed by atoms with Gasteiger partial charge in [-0.25, -0.2) is 19.7 Å². The number of carbonyl (C=O) groups is 1. The molecule has 4 rings (SSSR count). The predicted molar refractivity (Wildman–Crippen MR) is 156 cm³/mol. The van der Waals surface area contributed by atoms with Gasteiger partial charge in [-0.15, -0.1) is 12.4 Å². The summed E-state index contributed by atoms with van der Waals surface area (Å²) in [4.78, 5) is 26.9. The molecule has 1 fully saturated rings. The number of benzene rings is 1. The van der Waals surface area contributed by atoms with Crippen molar-refractivity contribution in [3.05, 3.63) is 42.5 Å². The molecule has 0 aliphatic carbocycles. The minimum absolute atomic E-state index is 0. The summed E-state index contributed by atoms with van der Waals surface area (Å²) < 4.78 is 7.67. The Balaban J connectivity index is 0.00000441. The molecule has 1 saturated heterocycles. The van der Waals surface area contributed by atoms with Crippen molar-refractivity contribution < 1.29 is 19.7 Å². The number of halogens is 1. The summed E-state index contributed by atoms with van der Waals surface area (Å²) in [6.07, 6.45) is -0.248. The Labute approximate surface area is 240 Å². The molecule has 2 aromatic heterocycles. The normalized spacial score (nSPS) is 21.1. The first kappa shape index (κ1) is 31.5. The Bertz CT molecular complexity index is 1260. The number of imidazole rings is 1. The molecule has 3 aromatic rings. The number of fused-ring (bicyclic) bond motifs is 1. The van der Waals surface area contributed by atoms with Gasteiger partial charge in [-0.1, -0.05) is 32.9 Å². The van der Waals surface area contributed by atoms with E-state index in [0.717, 1.165) is 5.69 Å². The summed E-state index contributed by atoms with van der Waals surface area (Å²) >= 11 is 0. The maximum atomic E-state index is 12.4. The molecule has 0 spiro atoms. The van der Waals surface area contributed by atoms with E-state index < -0.39 is 24.5 Å². The highest BCUT2D eigenvalue weighted by Crippen LogP contribution is 2.32. The van der Waals surface area contributed by atoms with Gasteiger partial charge in [0.25, 0.3) is 0 Å². The number of aliphatic hydroxyl groups excluding tert-OH is 2. The number of nitrogen functional groups attached to an aromatic ring is 1. The van der Waals surface area contributed by atoms with Crippen LogP contribution in [0.25, 0.3) is 11.2 Å². The van der Waals surface area contributed by atoms with E-state index in [2.05, 4.69) is 65.1 Å². The number of aromatic nitrogens is 4. The summed E-state index contributed by atoms with van der Waals surface area (Å²) in [5.74, 6) is 0.232. The molecule has 0 radical (unpaired) electrons. The van der Waals surface area contributed by atoms with Crippen LogP contribution >= 0.6 is 12.4 Å². The van der Waals surface area contributed by atoms with Crippen LogP contribution in [0.5, 0.6) is 0 Å². The summed E-state index contributed by atoms with van der Waals surface area (Å²) in [6.45, 7) is 12.1. The summed E-state index contributed by atoms with van der Waals surface area (Å²) in [6, 6.07) is 7.76. The number of aliphatic hydroxyl groups is 2. The van der Waals surface area contributed by atoms with E-state index in [4.69, 9.17) is 10.5 Å². The number of anilines is 2. The van der Waals surface area contributed by atoms with Crippen molar-refractivity contribution in [1.82, 2.24) is 29.7 Å². The number of nitrogens with one attached hydrogen (secondary N) is 2. The van der Waals surface area contributed by atoms with Gasteiger partial charge in [0, 0.05) is 31.4 Å². The van der Waals surface area contributed by atoms with Gasteiger partial charge in [0.05, 0.1) is 6.33 Å². The lowest BCUT2D eigenvalue weighted by Crippen LogP contribution is -2.44. The first-order chi connectivity index (χ1) is 18.5. The topological polar surface area (TPSA) is 164 Å². The van der Waals surface area contributed by atoms with Crippen LogP contribution in [0.3, 0.4) is 0 Å². The fourth-order valence-corrected chi connectivity index (χ4v) is 4.67. The molecule has 4 atom stereocenters. The monoisotopic (exact) mass is 576 g/mol. The molecule has 1 aliphatic heterocycles. The standard InChI is InChI=1S/C27H40N8O4.ClH/c1-16(2)34(12-6-11-29-26(38)33-18-9-7-17(8-10-18)27(3,4)5)13-19-21(36)22(37)25(39-19)35-15-32-20-23(28)30-14-31-24(20)35;/h7-10,14-16,19,21-22,25,36-37H,6,11-13H2,1-5H3,(H2,28,30,31)(H2,29,33,38);1H/t19-,21+,22?,25-;/m1./s1. The zero-order valence-corrected chi connectivity index (χ0v) is 24.4. The highest BCUT2D eigenvalue weighted by molar-refractivity contribution is 5.89. The summed E-state index contributed by atoms with van der Waals surface area (Å²) in [7, 11) is 0. The number of urea groups is 1. The van der Waals surface area contributed by atoms with Crippen LogP contribution in [0.15, 0.2) is 36.9 Å². The number of hydrogen-bond acceptors (Lipinski definition) is 9. The zero-order chi connectivity index (χ0) is 28.3. The van der Waals surface area contributed by atoms with Crippen molar-refractivity contribution >= 4 is 41.1 Å². The molecule has 40 heavy (non-hydrogen) atoms. The minimum atomic E-state index is -1.17. The average molecular weight is 577 g/mol. The Kier molecular flexibility index (Phi) is 10.3. The number of hydrogen-bond donors (Lipinski definition) is 5. The third-order valence-electron chi connectivity index (χ3n) is 7.06. The average Bonchev–Trinajstić information content (AvgIpc) is 3.42. The molecule has 0 saturated carbocycles. The van der Waals surface area contributed by atoms with Gasteiger partial charge in [0.1, 0.15) is 30.2 Å². The lowest BCUT2D eigenvalue weighted by atomic mass is 9.87. The SMILES string of the molecule is CC(C)N(CCCNC(=O)Nc1ccc(C(C)(C)C)cc1)C[C@H]1O[C@@H](n2cnc3c(N)ncnc32)C(O)[C@H]1O.Cl. The van der Waals surface area contributed by atoms with Crippen molar-refractivity contribution in [2.24, 2.45) is 0 Å². The number of amides is 2. The van der Waals surface area contributed by atoms with Crippen molar-refractivity contribution in [1.29, 1.82) is 0 Å². The highest BCUT2D eigenvalue weighted by Gasteiger charge is 2.45. The van der Waals surface area contributed by atoms with Crippen molar-refractivity contribution in [2.75, 3.05) is 30.7 Å². The highest BCUT2D eigenvalue weighted by atomic mass is 35.5. The number of nitrogens with zero attached hydrogens (tertiary/aromatic N) is 5. The largest absolute Gasteiger partial charge is 0.387 e. The van der Waals surface area contributed by atoms with E-state index in [-0.39, 0.29) is 35.7 Å². The van der Waals surface area contributed by atoms with E-state index >= 15 is 0 Å². The number of carbonyl (C=O) groups excluding carboxylic acids is 1. The Morgan fingerprint density at radius 2 is 1.85 bits per heavy atom. The van der Waals surface area contributed by atoms with Crippen molar-refractivity contribution in [2.45, 2.75) is 77.0 Å². The molecule has 220 valence electrons. The van der Waals surface area contributed by atoms with Crippen LogP contribution in [-0.2, 0) is 10.2 Å². The molecule has 1 aromatic carbocycles. The summed E-state index contributed by atoms with van der Waals surface area (Å²) in [5.41, 5.74) is 8.71. The van der Waals surface area contributed by atoms with Gasteiger partial charge in [-0.05, 0) is 43.4 Å². The van der Waals surface area contributed by atoms with E-state index in [0.29, 0.717) is 37.2 Å². The number of rotatable bonds is 9. The fraction of sp³-hybridized carbons (Fsp3) is 0.556. The maximum Gasteiger partial charge on any atom is 0.319 e. The zero-order valence-electron chi connectivity index (χ0n) is 23.6. The van der Waals surface area contributed by atoms with Crippen LogP contribution < -0.4 is 16.4 Å².